The molecule has 0 unspecified atom stereocenters. The number of carbonyl (C=O) groups excluding carboxylic acids is 2. The Bertz CT molecular complexity index is 657. The van der Waals surface area contributed by atoms with Crippen molar-refractivity contribution in [1.82, 2.24) is 0 Å². The summed E-state index contributed by atoms with van der Waals surface area (Å²) in [6, 6.07) is 0. The molecule has 0 aromatic rings. The Kier molecular flexibility index (Phi) is 4.15. The van der Waals surface area contributed by atoms with Crippen molar-refractivity contribution in [2.75, 3.05) is 0 Å². The average Bonchev–Trinajstić information content (AvgIpc) is 2.93. The molecule has 25 heavy (non-hydrogen) atoms. The molecule has 4 aliphatic carbocycles. The van der Waals surface area contributed by atoms with Gasteiger partial charge in [0.05, 0.1) is 0 Å². The molecule has 0 bridgehead atoms. The van der Waals surface area contributed by atoms with Gasteiger partial charge in [-0.05, 0) is 81.1 Å². The van der Waals surface area contributed by atoms with Crippen molar-refractivity contribution >= 4 is 12.1 Å². The minimum absolute atomic E-state index is 0.282. The SMILES string of the molecule is C#C[C@]1(O)CC[C@H]2[C@@H]3CCC4=CC(=O)CC[C@@H]4[C@H]3CC[C@@]21CCC=O. The molecule has 0 aromatic carbocycles. The molecule has 0 radical (unpaired) electrons. The third-order valence-corrected chi connectivity index (χ3v) is 8.10. The third kappa shape index (κ3) is 2.37. The molecule has 0 aliphatic heterocycles. The zero-order valence-electron chi connectivity index (χ0n) is 14.9. The van der Waals surface area contributed by atoms with Crippen LogP contribution in [0.25, 0.3) is 0 Å². The van der Waals surface area contributed by atoms with Gasteiger partial charge in [0.15, 0.2) is 5.78 Å². The van der Waals surface area contributed by atoms with Gasteiger partial charge in [0.1, 0.15) is 11.9 Å². The van der Waals surface area contributed by atoms with Gasteiger partial charge in [-0.25, -0.2) is 0 Å². The Morgan fingerprint density at radius 1 is 1.20 bits per heavy atom. The first kappa shape index (κ1) is 17.0. The van der Waals surface area contributed by atoms with E-state index in [0.29, 0.717) is 48.7 Å². The zero-order chi connectivity index (χ0) is 17.7. The number of fused-ring (bicyclic) bond motifs is 5. The van der Waals surface area contributed by atoms with Crippen molar-refractivity contribution in [3.05, 3.63) is 11.6 Å². The van der Waals surface area contributed by atoms with Crippen LogP contribution in [0.3, 0.4) is 0 Å². The Labute approximate surface area is 150 Å². The quantitative estimate of drug-likeness (QED) is 0.632. The Morgan fingerprint density at radius 3 is 2.80 bits per heavy atom. The normalized spacial score (nSPS) is 45.6. The van der Waals surface area contributed by atoms with Crippen LogP contribution in [0.4, 0.5) is 0 Å². The van der Waals surface area contributed by atoms with E-state index < -0.39 is 5.60 Å². The molecule has 3 fully saturated rings. The van der Waals surface area contributed by atoms with Crippen LogP contribution in [0.1, 0.15) is 64.2 Å². The van der Waals surface area contributed by atoms with Gasteiger partial charge in [0.25, 0.3) is 0 Å². The standard InChI is InChI=1S/C22H28O3/c1-2-22(25)12-9-20-19-6-4-15-14-16(24)5-7-17(15)18(19)8-11-21(20,22)10-3-13-23/h1,13-14,17-20,25H,3-12H2/t17-,18+,19+,20-,21-,22-/m0/s1. The number of allylic oxidation sites excluding steroid dienone is 1. The molecule has 3 saturated carbocycles. The van der Waals surface area contributed by atoms with Crippen molar-refractivity contribution in [2.24, 2.45) is 29.1 Å². The number of hydrogen-bond acceptors (Lipinski definition) is 3. The van der Waals surface area contributed by atoms with E-state index in [2.05, 4.69) is 5.92 Å². The van der Waals surface area contributed by atoms with Crippen molar-refractivity contribution in [2.45, 2.75) is 69.8 Å². The van der Waals surface area contributed by atoms with E-state index in [1.807, 2.05) is 6.08 Å². The highest BCUT2D eigenvalue weighted by Gasteiger charge is 2.63. The van der Waals surface area contributed by atoms with Gasteiger partial charge in [-0.2, -0.15) is 0 Å². The van der Waals surface area contributed by atoms with E-state index in [-0.39, 0.29) is 5.41 Å². The van der Waals surface area contributed by atoms with Crippen LogP contribution in [0.15, 0.2) is 11.6 Å². The second-order valence-corrected chi connectivity index (χ2v) is 8.75. The summed E-state index contributed by atoms with van der Waals surface area (Å²) in [7, 11) is 0. The minimum atomic E-state index is -1.05. The van der Waals surface area contributed by atoms with Crippen LogP contribution in [-0.2, 0) is 9.59 Å². The molecule has 1 N–H and O–H groups in total. The van der Waals surface area contributed by atoms with E-state index in [0.717, 1.165) is 51.2 Å². The molecule has 4 aliphatic rings. The van der Waals surface area contributed by atoms with E-state index >= 15 is 0 Å². The molecular weight excluding hydrogens is 312 g/mol. The number of carbonyl (C=O) groups is 2. The number of ketones is 1. The molecule has 4 rings (SSSR count). The third-order valence-electron chi connectivity index (χ3n) is 8.10. The zero-order valence-corrected chi connectivity index (χ0v) is 14.9. The predicted octanol–water partition coefficient (Wildman–Crippen LogP) is 3.45. The topological polar surface area (TPSA) is 54.4 Å². The maximum absolute atomic E-state index is 11.8. The lowest BCUT2D eigenvalue weighted by Gasteiger charge is -2.56. The van der Waals surface area contributed by atoms with Crippen LogP contribution < -0.4 is 0 Å². The summed E-state index contributed by atoms with van der Waals surface area (Å²) < 4.78 is 0. The molecule has 0 aromatic heterocycles. The smallest absolute Gasteiger partial charge is 0.155 e. The highest BCUT2D eigenvalue weighted by atomic mass is 16.3. The predicted molar refractivity (Wildman–Crippen MR) is 95.5 cm³/mol. The first-order valence-electron chi connectivity index (χ1n) is 9.92. The van der Waals surface area contributed by atoms with Crippen LogP contribution in [-0.4, -0.2) is 22.8 Å². The van der Waals surface area contributed by atoms with Gasteiger partial charge in [0.2, 0.25) is 0 Å². The number of hydrogen-bond donors (Lipinski definition) is 1. The van der Waals surface area contributed by atoms with Gasteiger partial charge in [0, 0.05) is 18.3 Å². The highest BCUT2D eigenvalue weighted by molar-refractivity contribution is 5.91. The molecule has 134 valence electrons. The molecule has 0 saturated heterocycles. The summed E-state index contributed by atoms with van der Waals surface area (Å²) >= 11 is 0. The van der Waals surface area contributed by atoms with Crippen LogP contribution in [0, 0.1) is 41.4 Å². The number of terminal acetylenes is 1. The van der Waals surface area contributed by atoms with Crippen molar-refractivity contribution < 1.29 is 14.7 Å². The van der Waals surface area contributed by atoms with E-state index in [4.69, 9.17) is 6.42 Å². The van der Waals surface area contributed by atoms with Gasteiger partial charge in [-0.1, -0.05) is 11.5 Å². The minimum Gasteiger partial charge on any atom is -0.377 e. The van der Waals surface area contributed by atoms with Gasteiger partial charge in [-0.15, -0.1) is 6.42 Å². The fraction of sp³-hybridized carbons (Fsp3) is 0.727. The molecule has 6 atom stereocenters. The number of aliphatic hydroxyl groups is 1. The van der Waals surface area contributed by atoms with E-state index in [1.54, 1.807) is 0 Å². The van der Waals surface area contributed by atoms with Gasteiger partial charge >= 0.3 is 0 Å². The first-order valence-corrected chi connectivity index (χ1v) is 9.92. The lowest BCUT2D eigenvalue weighted by molar-refractivity contribution is -0.118. The molecular formula is C22H28O3. The summed E-state index contributed by atoms with van der Waals surface area (Å²) in [6.07, 6.45) is 17.3. The Balaban J connectivity index is 1.66. The number of aldehydes is 1. The molecule has 3 nitrogen and oxygen atoms in total. The molecule has 3 heteroatoms. The average molecular weight is 340 g/mol. The van der Waals surface area contributed by atoms with Crippen LogP contribution in [0.5, 0.6) is 0 Å². The molecule has 0 amide bonds. The second-order valence-electron chi connectivity index (χ2n) is 8.75. The van der Waals surface area contributed by atoms with Crippen molar-refractivity contribution in [3.8, 4) is 12.3 Å². The monoisotopic (exact) mass is 340 g/mol. The first-order chi connectivity index (χ1) is 12.0. The van der Waals surface area contributed by atoms with Crippen LogP contribution >= 0.6 is 0 Å². The summed E-state index contributed by atoms with van der Waals surface area (Å²) in [5.41, 5.74) is 0.0444. The number of rotatable bonds is 3. The lowest BCUT2D eigenvalue weighted by atomic mass is 9.49. The van der Waals surface area contributed by atoms with Crippen LogP contribution in [0.2, 0.25) is 0 Å². The van der Waals surface area contributed by atoms with Gasteiger partial charge in [-0.3, -0.25) is 4.79 Å². The lowest BCUT2D eigenvalue weighted by Crippen LogP contribution is -2.53. The fourth-order valence-corrected chi connectivity index (χ4v) is 7.06. The summed E-state index contributed by atoms with van der Waals surface area (Å²) in [4.78, 5) is 22.8. The Hall–Kier alpha value is -1.40. The summed E-state index contributed by atoms with van der Waals surface area (Å²) in [5, 5.41) is 11.2. The van der Waals surface area contributed by atoms with Crippen molar-refractivity contribution in [1.29, 1.82) is 0 Å². The largest absolute Gasteiger partial charge is 0.377 e. The maximum Gasteiger partial charge on any atom is 0.155 e. The van der Waals surface area contributed by atoms with Crippen molar-refractivity contribution in [3.63, 3.8) is 0 Å². The summed E-state index contributed by atoms with van der Waals surface area (Å²) in [5.74, 6) is 5.21. The molecule has 0 heterocycles. The molecule has 0 spiro atoms. The highest BCUT2D eigenvalue weighted by Crippen LogP contribution is 2.66. The van der Waals surface area contributed by atoms with E-state index in [1.165, 1.54) is 5.57 Å². The van der Waals surface area contributed by atoms with Gasteiger partial charge < -0.3 is 9.90 Å². The maximum atomic E-state index is 11.8. The van der Waals surface area contributed by atoms with E-state index in [9.17, 15) is 14.7 Å². The summed E-state index contributed by atoms with van der Waals surface area (Å²) in [6.45, 7) is 0. The second kappa shape index (κ2) is 6.09. The fourth-order valence-electron chi connectivity index (χ4n) is 7.06. The Morgan fingerprint density at radius 2 is 2.04 bits per heavy atom.